The number of carbonyl (C=O) groups excluding carboxylic acids is 1. The summed E-state index contributed by atoms with van der Waals surface area (Å²) in [5.74, 6) is -0.00777. The van der Waals surface area contributed by atoms with Gasteiger partial charge >= 0.3 is 0 Å². The monoisotopic (exact) mass is 472 g/mol. The molecule has 1 fully saturated rings. The minimum Gasteiger partial charge on any atom is -0.489 e. The minimum absolute atomic E-state index is 0.110. The van der Waals surface area contributed by atoms with Crippen LogP contribution in [0, 0.1) is 5.82 Å². The fourth-order valence-corrected chi connectivity index (χ4v) is 3.96. The summed E-state index contributed by atoms with van der Waals surface area (Å²) in [6.45, 7) is 0.110. The molecule has 0 aromatic heterocycles. The molecule has 1 heterocycles. The fourth-order valence-electron chi connectivity index (χ4n) is 2.79. The third-order valence-electron chi connectivity index (χ3n) is 4.31. The highest BCUT2D eigenvalue weighted by Crippen LogP contribution is 2.34. The van der Waals surface area contributed by atoms with Crippen LogP contribution < -0.4 is 10.1 Å². The van der Waals surface area contributed by atoms with Crippen LogP contribution in [0.15, 0.2) is 76.6 Å². The highest BCUT2D eigenvalue weighted by atomic mass is 35.5. The Kier molecular flexibility index (Phi) is 6.61. The van der Waals surface area contributed by atoms with Crippen molar-refractivity contribution >= 4 is 57.8 Å². The SMILES string of the molecule is O=C1NC(=Nc2cccc(Cl)c2Cl)S/C1=C/c1cccc(OCc2ccccc2F)c1. The number of benzene rings is 3. The third kappa shape index (κ3) is 5.28. The molecule has 1 aliphatic rings. The fraction of sp³-hybridized carbons (Fsp3) is 0.0435. The molecule has 0 atom stereocenters. The van der Waals surface area contributed by atoms with E-state index in [1.165, 1.54) is 17.8 Å². The lowest BCUT2D eigenvalue weighted by atomic mass is 10.2. The van der Waals surface area contributed by atoms with Crippen molar-refractivity contribution in [3.8, 4) is 5.75 Å². The third-order valence-corrected chi connectivity index (χ3v) is 6.03. The van der Waals surface area contributed by atoms with Crippen LogP contribution in [0.4, 0.5) is 10.1 Å². The molecule has 8 heteroatoms. The summed E-state index contributed by atoms with van der Waals surface area (Å²) in [4.78, 5) is 17.2. The van der Waals surface area contributed by atoms with Gasteiger partial charge in [-0.05, 0) is 53.7 Å². The molecule has 3 aromatic rings. The lowest BCUT2D eigenvalue weighted by Gasteiger charge is -2.08. The topological polar surface area (TPSA) is 50.7 Å². The van der Waals surface area contributed by atoms with Crippen molar-refractivity contribution in [2.24, 2.45) is 4.99 Å². The average molecular weight is 473 g/mol. The number of amidine groups is 1. The summed E-state index contributed by atoms with van der Waals surface area (Å²) < 4.78 is 19.5. The zero-order valence-electron chi connectivity index (χ0n) is 15.9. The molecular formula is C23H15Cl2FN2O2S. The molecule has 156 valence electrons. The largest absolute Gasteiger partial charge is 0.489 e. The maximum atomic E-state index is 13.8. The Morgan fingerprint density at radius 2 is 1.87 bits per heavy atom. The zero-order valence-corrected chi connectivity index (χ0v) is 18.3. The van der Waals surface area contributed by atoms with Crippen LogP contribution in [-0.4, -0.2) is 11.1 Å². The predicted octanol–water partition coefficient (Wildman–Crippen LogP) is 6.60. The van der Waals surface area contributed by atoms with Gasteiger partial charge in [-0.25, -0.2) is 9.38 Å². The van der Waals surface area contributed by atoms with E-state index >= 15 is 0 Å². The van der Waals surface area contributed by atoms with Crippen molar-refractivity contribution in [2.75, 3.05) is 0 Å². The second-order valence-corrected chi connectivity index (χ2v) is 8.32. The summed E-state index contributed by atoms with van der Waals surface area (Å²) in [6.07, 6.45) is 1.73. The van der Waals surface area contributed by atoms with Crippen LogP contribution in [0.5, 0.6) is 5.75 Å². The Hall–Kier alpha value is -2.80. The molecule has 0 aliphatic carbocycles. The van der Waals surface area contributed by atoms with Crippen molar-refractivity contribution in [1.29, 1.82) is 0 Å². The van der Waals surface area contributed by atoms with E-state index in [1.807, 2.05) is 6.07 Å². The highest BCUT2D eigenvalue weighted by Gasteiger charge is 2.24. The lowest BCUT2D eigenvalue weighted by molar-refractivity contribution is -0.115. The molecule has 0 bridgehead atoms. The van der Waals surface area contributed by atoms with Crippen LogP contribution in [-0.2, 0) is 11.4 Å². The van der Waals surface area contributed by atoms with Gasteiger partial charge in [0.15, 0.2) is 5.17 Å². The van der Waals surface area contributed by atoms with Crippen molar-refractivity contribution in [2.45, 2.75) is 6.61 Å². The normalized spacial score (nSPS) is 16.0. The van der Waals surface area contributed by atoms with Crippen molar-refractivity contribution < 1.29 is 13.9 Å². The highest BCUT2D eigenvalue weighted by molar-refractivity contribution is 8.18. The Labute approximate surface area is 192 Å². The molecule has 0 unspecified atom stereocenters. The number of rotatable bonds is 5. The number of nitrogens with zero attached hydrogens (tertiary/aromatic N) is 1. The van der Waals surface area contributed by atoms with Gasteiger partial charge in [0.2, 0.25) is 0 Å². The van der Waals surface area contributed by atoms with Gasteiger partial charge in [-0.15, -0.1) is 0 Å². The van der Waals surface area contributed by atoms with Crippen LogP contribution >= 0.6 is 35.0 Å². The van der Waals surface area contributed by atoms with E-state index in [-0.39, 0.29) is 18.3 Å². The number of halogens is 3. The summed E-state index contributed by atoms with van der Waals surface area (Å²) in [5.41, 5.74) is 1.71. The Morgan fingerprint density at radius 3 is 2.71 bits per heavy atom. The summed E-state index contributed by atoms with van der Waals surface area (Å²) in [6, 6.07) is 18.8. The van der Waals surface area contributed by atoms with Gasteiger partial charge < -0.3 is 10.1 Å². The molecule has 31 heavy (non-hydrogen) atoms. The van der Waals surface area contributed by atoms with Crippen molar-refractivity contribution in [3.05, 3.63) is 98.6 Å². The number of ether oxygens (including phenoxy) is 1. The molecule has 0 saturated carbocycles. The predicted molar refractivity (Wildman–Crippen MR) is 124 cm³/mol. The van der Waals surface area contributed by atoms with Crippen LogP contribution in [0.3, 0.4) is 0 Å². The van der Waals surface area contributed by atoms with Gasteiger partial charge in [-0.3, -0.25) is 4.79 Å². The maximum absolute atomic E-state index is 13.8. The smallest absolute Gasteiger partial charge is 0.264 e. The maximum Gasteiger partial charge on any atom is 0.264 e. The van der Waals surface area contributed by atoms with E-state index in [0.717, 1.165) is 5.56 Å². The first-order chi connectivity index (χ1) is 15.0. The number of aliphatic imine (C=N–C) groups is 1. The van der Waals surface area contributed by atoms with E-state index in [9.17, 15) is 9.18 Å². The Balaban J connectivity index is 1.49. The number of carbonyl (C=O) groups is 1. The molecular weight excluding hydrogens is 458 g/mol. The second-order valence-electron chi connectivity index (χ2n) is 6.51. The zero-order chi connectivity index (χ0) is 21.8. The van der Waals surface area contributed by atoms with Crippen LogP contribution in [0.1, 0.15) is 11.1 Å². The van der Waals surface area contributed by atoms with E-state index in [0.29, 0.717) is 37.1 Å². The quantitative estimate of drug-likeness (QED) is 0.425. The lowest BCUT2D eigenvalue weighted by Crippen LogP contribution is -2.19. The standard InChI is InChI=1S/C23H15Cl2FN2O2S/c24-17-8-4-10-19(21(17)25)27-23-28-22(29)20(31-23)12-14-5-3-7-16(11-14)30-13-15-6-1-2-9-18(15)26/h1-12H,13H2,(H,27,28,29)/b20-12+. The second kappa shape index (κ2) is 9.56. The Morgan fingerprint density at radius 1 is 1.06 bits per heavy atom. The molecule has 0 radical (unpaired) electrons. The Bertz CT molecular complexity index is 1210. The number of nitrogens with one attached hydrogen (secondary N) is 1. The van der Waals surface area contributed by atoms with Crippen molar-refractivity contribution in [1.82, 2.24) is 5.32 Å². The molecule has 1 amide bonds. The average Bonchev–Trinajstić information content (AvgIpc) is 3.10. The molecule has 1 aliphatic heterocycles. The van der Waals surface area contributed by atoms with Crippen LogP contribution in [0.25, 0.3) is 6.08 Å². The van der Waals surface area contributed by atoms with E-state index in [2.05, 4.69) is 10.3 Å². The number of hydrogen-bond donors (Lipinski definition) is 1. The van der Waals surface area contributed by atoms with E-state index in [4.69, 9.17) is 27.9 Å². The summed E-state index contributed by atoms with van der Waals surface area (Å²) >= 11 is 13.4. The summed E-state index contributed by atoms with van der Waals surface area (Å²) in [7, 11) is 0. The minimum atomic E-state index is -0.313. The first-order valence-corrected chi connectivity index (χ1v) is 10.8. The first-order valence-electron chi connectivity index (χ1n) is 9.19. The number of amides is 1. The van der Waals surface area contributed by atoms with Gasteiger partial charge in [0, 0.05) is 5.56 Å². The number of hydrogen-bond acceptors (Lipinski definition) is 4. The molecule has 3 aromatic carbocycles. The van der Waals surface area contributed by atoms with Gasteiger partial charge in [-0.1, -0.05) is 59.6 Å². The van der Waals surface area contributed by atoms with Gasteiger partial charge in [0.25, 0.3) is 5.91 Å². The van der Waals surface area contributed by atoms with Crippen molar-refractivity contribution in [3.63, 3.8) is 0 Å². The molecule has 1 saturated heterocycles. The molecule has 4 nitrogen and oxygen atoms in total. The molecule has 4 rings (SSSR count). The van der Waals surface area contributed by atoms with Crippen LogP contribution in [0.2, 0.25) is 10.0 Å². The van der Waals surface area contributed by atoms with Gasteiger partial charge in [-0.2, -0.15) is 0 Å². The van der Waals surface area contributed by atoms with E-state index in [1.54, 1.807) is 60.7 Å². The van der Waals surface area contributed by atoms with E-state index < -0.39 is 0 Å². The molecule has 0 spiro atoms. The van der Waals surface area contributed by atoms with Gasteiger partial charge in [0.1, 0.15) is 18.2 Å². The number of thioether (sulfide) groups is 1. The molecule has 1 N–H and O–H groups in total. The first kappa shape index (κ1) is 21.4. The van der Waals surface area contributed by atoms with Gasteiger partial charge in [0.05, 0.1) is 20.6 Å². The summed E-state index contributed by atoms with van der Waals surface area (Å²) in [5, 5.41) is 3.84.